The van der Waals surface area contributed by atoms with Gasteiger partial charge in [-0.15, -0.1) is 0 Å². The fraction of sp³-hybridized carbons (Fsp3) is 0.136. The lowest BCUT2D eigenvalue weighted by Crippen LogP contribution is -2.21. The second kappa shape index (κ2) is 10.7. The fourth-order valence-electron chi connectivity index (χ4n) is 2.44. The highest BCUT2D eigenvalue weighted by Crippen LogP contribution is 2.15. The van der Waals surface area contributed by atoms with Crippen LogP contribution in [0, 0.1) is 11.8 Å². The van der Waals surface area contributed by atoms with Crippen LogP contribution in [0.1, 0.15) is 23.6 Å². The molecule has 30 heavy (non-hydrogen) atoms. The third-order valence-corrected chi connectivity index (χ3v) is 3.96. The van der Waals surface area contributed by atoms with Crippen molar-refractivity contribution in [3.63, 3.8) is 0 Å². The van der Waals surface area contributed by atoms with Gasteiger partial charge in [-0.25, -0.2) is 0 Å². The Morgan fingerprint density at radius 3 is 2.77 bits per heavy atom. The summed E-state index contributed by atoms with van der Waals surface area (Å²) in [5.74, 6) is 6.09. The van der Waals surface area contributed by atoms with E-state index in [1.54, 1.807) is 19.1 Å². The second-order valence-corrected chi connectivity index (χ2v) is 6.32. The van der Waals surface area contributed by atoms with Crippen LogP contribution in [0.3, 0.4) is 0 Å². The molecule has 0 amide bonds. The number of hydrogen-bond acceptors (Lipinski definition) is 7. The van der Waals surface area contributed by atoms with Crippen molar-refractivity contribution in [2.24, 2.45) is 15.5 Å². The van der Waals surface area contributed by atoms with Crippen LogP contribution in [0.4, 0.5) is 0 Å². The first-order chi connectivity index (χ1) is 14.7. The van der Waals surface area contributed by atoms with Crippen LogP contribution in [0.5, 0.6) is 0 Å². The fourth-order valence-corrected chi connectivity index (χ4v) is 2.63. The normalized spacial score (nSPS) is 13.4. The second-order valence-electron chi connectivity index (χ2n) is 5.88. The van der Waals surface area contributed by atoms with Gasteiger partial charge < -0.3 is 19.2 Å². The van der Waals surface area contributed by atoms with Gasteiger partial charge in [-0.1, -0.05) is 58.2 Å². The van der Waals surface area contributed by atoms with Crippen LogP contribution in [-0.2, 0) is 25.9 Å². The van der Waals surface area contributed by atoms with E-state index in [1.807, 2.05) is 36.4 Å². The first kappa shape index (κ1) is 21.0. The van der Waals surface area contributed by atoms with Crippen molar-refractivity contribution in [1.82, 2.24) is 0 Å². The van der Waals surface area contributed by atoms with E-state index in [4.69, 9.17) is 30.9 Å². The molecule has 0 aromatic heterocycles. The van der Waals surface area contributed by atoms with E-state index in [0.29, 0.717) is 22.0 Å². The molecule has 0 aliphatic carbocycles. The molecule has 0 spiro atoms. The molecule has 1 aliphatic rings. The topological polar surface area (TPSA) is 74.0 Å². The summed E-state index contributed by atoms with van der Waals surface area (Å²) in [6.07, 6.45) is 2.67. The number of hydrogen-bond donors (Lipinski definition) is 0. The Labute approximate surface area is 179 Å². The van der Waals surface area contributed by atoms with E-state index >= 15 is 0 Å². The van der Waals surface area contributed by atoms with Gasteiger partial charge in [-0.3, -0.25) is 0 Å². The molecule has 8 heteroatoms. The third-order valence-electron chi connectivity index (χ3n) is 3.72. The molecule has 0 saturated carbocycles. The first-order valence-electron chi connectivity index (χ1n) is 8.87. The summed E-state index contributed by atoms with van der Waals surface area (Å²) in [6.45, 7) is 1.94. The molecule has 0 fully saturated rings. The van der Waals surface area contributed by atoms with Crippen molar-refractivity contribution >= 4 is 28.9 Å². The average Bonchev–Trinajstić information content (AvgIpc) is 2.77. The van der Waals surface area contributed by atoms with Gasteiger partial charge in [0.2, 0.25) is 0 Å². The Bertz CT molecular complexity index is 1080. The molecule has 2 aromatic carbocycles. The Kier molecular flexibility index (Phi) is 7.47. The Morgan fingerprint density at radius 2 is 2.00 bits per heavy atom. The van der Waals surface area contributed by atoms with Crippen LogP contribution in [0.15, 0.2) is 76.5 Å². The molecule has 0 atom stereocenters. The lowest BCUT2D eigenvalue weighted by atomic mass is 10.0. The number of halogens is 1. The van der Waals surface area contributed by atoms with Gasteiger partial charge in [-0.2, -0.15) is 0 Å². The third kappa shape index (κ3) is 5.87. The number of oxime groups is 3. The molecular formula is C22H18ClN3O4. The minimum absolute atomic E-state index is 0.166. The smallest absolute Gasteiger partial charge is 0.286 e. The molecule has 0 unspecified atom stereocenters. The SMILES string of the molecule is CO/N=C(/C1=NOC=CO1)c1ccccc1CO/N=C(\C)C#Cc1cccc(Cl)c1. The lowest BCUT2D eigenvalue weighted by Gasteiger charge is -2.13. The van der Waals surface area contributed by atoms with Crippen LogP contribution in [0.2, 0.25) is 5.02 Å². The molecule has 1 heterocycles. The highest BCUT2D eigenvalue weighted by Gasteiger charge is 2.20. The quantitative estimate of drug-likeness (QED) is 0.390. The summed E-state index contributed by atoms with van der Waals surface area (Å²) in [5, 5.41) is 12.5. The predicted molar refractivity (Wildman–Crippen MR) is 115 cm³/mol. The molecule has 1 aliphatic heterocycles. The van der Waals surface area contributed by atoms with Gasteiger partial charge in [0.1, 0.15) is 25.7 Å². The summed E-state index contributed by atoms with van der Waals surface area (Å²) < 4.78 is 5.36. The van der Waals surface area contributed by atoms with Gasteiger partial charge >= 0.3 is 0 Å². The van der Waals surface area contributed by atoms with Gasteiger partial charge in [0.15, 0.2) is 12.0 Å². The summed E-state index contributed by atoms with van der Waals surface area (Å²) in [6, 6.07) is 14.7. The summed E-state index contributed by atoms with van der Waals surface area (Å²) in [4.78, 5) is 15.4. The van der Waals surface area contributed by atoms with Crippen molar-refractivity contribution in [3.8, 4) is 11.8 Å². The predicted octanol–water partition coefficient (Wildman–Crippen LogP) is 4.47. The number of nitrogens with zero attached hydrogens (tertiary/aromatic N) is 3. The Hall–Kier alpha value is -3.76. The zero-order valence-corrected chi connectivity index (χ0v) is 17.1. The van der Waals surface area contributed by atoms with Crippen molar-refractivity contribution in [2.45, 2.75) is 13.5 Å². The van der Waals surface area contributed by atoms with Crippen LogP contribution in [0.25, 0.3) is 0 Å². The average molecular weight is 424 g/mol. The molecule has 7 nitrogen and oxygen atoms in total. The van der Waals surface area contributed by atoms with Gasteiger partial charge in [-0.05, 0) is 36.2 Å². The van der Waals surface area contributed by atoms with E-state index in [0.717, 1.165) is 11.1 Å². The van der Waals surface area contributed by atoms with Gasteiger partial charge in [0, 0.05) is 21.7 Å². The molecular weight excluding hydrogens is 406 g/mol. The minimum Gasteiger partial charge on any atom is -0.439 e. The van der Waals surface area contributed by atoms with Crippen molar-refractivity contribution in [3.05, 3.63) is 82.8 Å². The number of ether oxygens (including phenoxy) is 1. The van der Waals surface area contributed by atoms with Crippen molar-refractivity contribution in [2.75, 3.05) is 7.11 Å². The largest absolute Gasteiger partial charge is 0.439 e. The minimum atomic E-state index is 0.166. The highest BCUT2D eigenvalue weighted by atomic mass is 35.5. The van der Waals surface area contributed by atoms with Crippen LogP contribution < -0.4 is 0 Å². The highest BCUT2D eigenvalue weighted by molar-refractivity contribution is 6.45. The Balaban J connectivity index is 1.73. The maximum atomic E-state index is 5.96. The maximum absolute atomic E-state index is 5.96. The molecule has 0 saturated heterocycles. The molecule has 0 bridgehead atoms. The summed E-state index contributed by atoms with van der Waals surface area (Å²) >= 11 is 5.96. The van der Waals surface area contributed by atoms with E-state index < -0.39 is 0 Å². The van der Waals surface area contributed by atoms with Gasteiger partial charge in [0.05, 0.1) is 0 Å². The summed E-state index contributed by atoms with van der Waals surface area (Å²) in [7, 11) is 1.44. The first-order valence-corrected chi connectivity index (χ1v) is 9.24. The van der Waals surface area contributed by atoms with E-state index in [9.17, 15) is 0 Å². The number of benzene rings is 2. The lowest BCUT2D eigenvalue weighted by molar-refractivity contribution is 0.130. The molecule has 0 N–H and O–H groups in total. The van der Waals surface area contributed by atoms with E-state index in [-0.39, 0.29) is 12.5 Å². The van der Waals surface area contributed by atoms with E-state index in [2.05, 4.69) is 27.3 Å². The molecule has 3 rings (SSSR count). The monoisotopic (exact) mass is 423 g/mol. The van der Waals surface area contributed by atoms with E-state index in [1.165, 1.54) is 19.6 Å². The standard InChI is InChI=1S/C22H18ClN3O4/c1-16(10-11-17-6-5-8-19(23)14-17)24-30-15-18-7-3-4-9-20(18)21(25-27-2)22-26-29-13-12-28-22/h3-9,12-14H,15H2,1-2H3/b24-16+,25-21+. The van der Waals surface area contributed by atoms with Crippen LogP contribution >= 0.6 is 11.6 Å². The van der Waals surface area contributed by atoms with Crippen LogP contribution in [-0.4, -0.2) is 24.4 Å². The number of rotatable bonds is 6. The zero-order valence-electron chi connectivity index (χ0n) is 16.3. The van der Waals surface area contributed by atoms with Gasteiger partial charge in [0.25, 0.3) is 5.90 Å². The van der Waals surface area contributed by atoms with Crippen molar-refractivity contribution < 1.29 is 19.2 Å². The maximum Gasteiger partial charge on any atom is 0.286 e. The summed E-state index contributed by atoms with van der Waals surface area (Å²) in [5.41, 5.74) is 3.19. The zero-order chi connectivity index (χ0) is 21.2. The molecule has 2 aromatic rings. The Morgan fingerprint density at radius 1 is 1.13 bits per heavy atom. The molecule has 0 radical (unpaired) electrons. The molecule has 152 valence electrons. The van der Waals surface area contributed by atoms with Crippen molar-refractivity contribution in [1.29, 1.82) is 0 Å².